The molecular weight excluding hydrogens is 965 g/mol. The summed E-state index contributed by atoms with van der Waals surface area (Å²) in [6.07, 6.45) is 10.7. The number of carbonyl (C=O) groups is 8. The monoisotopic (exact) mass is 1050 g/mol. The highest BCUT2D eigenvalue weighted by atomic mass is 16.6. The highest BCUT2D eigenvalue weighted by Gasteiger charge is 2.39. The molecule has 16 nitrogen and oxygen atoms in total. The lowest BCUT2D eigenvalue weighted by atomic mass is 9.92. The molecule has 0 saturated carbocycles. The van der Waals surface area contributed by atoms with Gasteiger partial charge in [0.05, 0.1) is 71.6 Å². The molecule has 0 bridgehead atoms. The molecule has 0 aliphatic heterocycles. The molecule has 0 heterocycles. The summed E-state index contributed by atoms with van der Waals surface area (Å²) in [7, 11) is 0. The van der Waals surface area contributed by atoms with E-state index in [2.05, 4.69) is 6.92 Å². The molecule has 16 heteroatoms. The second-order valence-electron chi connectivity index (χ2n) is 22.7. The van der Waals surface area contributed by atoms with Gasteiger partial charge in [0.1, 0.15) is 26.4 Å². The van der Waals surface area contributed by atoms with Gasteiger partial charge in [-0.15, -0.1) is 0 Å². The molecular formula is C59H86O16. The first-order valence-corrected chi connectivity index (χ1v) is 25.6. The van der Waals surface area contributed by atoms with E-state index >= 15 is 0 Å². The van der Waals surface area contributed by atoms with Gasteiger partial charge in [-0.3, -0.25) is 28.8 Å². The first-order chi connectivity index (χ1) is 34.8. The van der Waals surface area contributed by atoms with Gasteiger partial charge < -0.3 is 37.9 Å². The minimum absolute atomic E-state index is 0.00616. The molecule has 0 amide bonds. The zero-order valence-corrected chi connectivity index (χ0v) is 47.4. The first-order valence-electron chi connectivity index (χ1n) is 25.6. The normalized spacial score (nSPS) is 12.6. The average molecular weight is 1050 g/mol. The fourth-order valence-electron chi connectivity index (χ4n) is 5.93. The van der Waals surface area contributed by atoms with E-state index in [1.165, 1.54) is 0 Å². The van der Waals surface area contributed by atoms with Crippen molar-refractivity contribution in [3.63, 3.8) is 0 Å². The van der Waals surface area contributed by atoms with Crippen molar-refractivity contribution < 1.29 is 76.3 Å². The number of carbonyl (C=O) groups excluding carboxylic acids is 8. The van der Waals surface area contributed by atoms with Gasteiger partial charge in [0.15, 0.2) is 0 Å². The Balaban J connectivity index is 0.000000750. The van der Waals surface area contributed by atoms with Crippen LogP contribution in [0.4, 0.5) is 0 Å². The van der Waals surface area contributed by atoms with E-state index in [1.807, 2.05) is 53.7 Å². The van der Waals surface area contributed by atoms with E-state index in [0.29, 0.717) is 17.5 Å². The summed E-state index contributed by atoms with van der Waals surface area (Å²) in [5, 5.41) is 0. The maximum atomic E-state index is 12.7. The Hall–Kier alpha value is -6.32. The fraction of sp³-hybridized carbons (Fsp3) is 0.593. The number of unbranched alkanes of at least 4 members (excludes halogenated alkanes) is 1. The summed E-state index contributed by atoms with van der Waals surface area (Å²) < 4.78 is 43.1. The molecule has 0 spiro atoms. The predicted octanol–water partition coefficient (Wildman–Crippen LogP) is 10.8. The molecule has 0 aromatic heterocycles. The molecule has 0 aliphatic carbocycles. The SMILES string of the molecule is C/C=C\C=C/CC(=O)OCC(C)(C)COC(=O)C(C)(C)COC(=O)C(C)(C)COC(=O)C(CC)CCCC.CC(C)(COC(=O)c1ccccc1)COC(=O)C(C)(C)COC(=O)C(C)(C)COC(=O)c1ccccc1. The van der Waals surface area contributed by atoms with Gasteiger partial charge in [-0.05, 0) is 99.4 Å². The van der Waals surface area contributed by atoms with Crippen LogP contribution in [-0.2, 0) is 66.7 Å². The van der Waals surface area contributed by atoms with Crippen molar-refractivity contribution >= 4 is 47.8 Å². The lowest BCUT2D eigenvalue weighted by Gasteiger charge is -2.29. The Morgan fingerprint density at radius 1 is 0.453 bits per heavy atom. The van der Waals surface area contributed by atoms with Gasteiger partial charge in [-0.2, -0.15) is 0 Å². The maximum absolute atomic E-state index is 12.7. The van der Waals surface area contributed by atoms with Crippen LogP contribution in [0.5, 0.6) is 0 Å². The third-order valence-corrected chi connectivity index (χ3v) is 11.4. The number of ether oxygens (including phenoxy) is 8. The number of hydrogen-bond acceptors (Lipinski definition) is 16. The Labute approximate surface area is 445 Å². The van der Waals surface area contributed by atoms with Crippen LogP contribution in [0.15, 0.2) is 85.0 Å². The van der Waals surface area contributed by atoms with Gasteiger partial charge in [0.25, 0.3) is 0 Å². The summed E-state index contributed by atoms with van der Waals surface area (Å²) in [5.74, 6) is -4.11. The number of hydrogen-bond donors (Lipinski definition) is 0. The van der Waals surface area contributed by atoms with Crippen molar-refractivity contribution in [2.75, 3.05) is 52.9 Å². The molecule has 2 aromatic carbocycles. The lowest BCUT2D eigenvalue weighted by molar-refractivity contribution is -0.172. The summed E-state index contributed by atoms with van der Waals surface area (Å²) in [6.45, 7) is 25.6. The topological polar surface area (TPSA) is 210 Å². The van der Waals surface area contributed by atoms with E-state index in [-0.39, 0.29) is 77.1 Å². The summed E-state index contributed by atoms with van der Waals surface area (Å²) in [5.41, 5.74) is -4.79. The van der Waals surface area contributed by atoms with Crippen LogP contribution < -0.4 is 0 Å². The van der Waals surface area contributed by atoms with Crippen LogP contribution in [0.2, 0.25) is 0 Å². The highest BCUT2D eigenvalue weighted by Crippen LogP contribution is 2.28. The second-order valence-corrected chi connectivity index (χ2v) is 22.7. The quantitative estimate of drug-likeness (QED) is 0.0404. The van der Waals surface area contributed by atoms with Crippen LogP contribution in [0.1, 0.15) is 157 Å². The van der Waals surface area contributed by atoms with E-state index in [9.17, 15) is 38.4 Å². The van der Waals surface area contributed by atoms with Gasteiger partial charge in [0, 0.05) is 10.8 Å². The van der Waals surface area contributed by atoms with Crippen LogP contribution in [-0.4, -0.2) is 101 Å². The van der Waals surface area contributed by atoms with Crippen molar-refractivity contribution in [3.8, 4) is 0 Å². The number of esters is 8. The Kier molecular flexibility index (Phi) is 28.0. The van der Waals surface area contributed by atoms with E-state index in [1.54, 1.807) is 128 Å². The number of benzene rings is 2. The third kappa shape index (κ3) is 26.1. The predicted molar refractivity (Wildman–Crippen MR) is 284 cm³/mol. The summed E-state index contributed by atoms with van der Waals surface area (Å²) >= 11 is 0. The molecule has 0 fully saturated rings. The number of allylic oxidation sites excluding steroid dienone is 3. The zero-order valence-electron chi connectivity index (χ0n) is 47.4. The highest BCUT2D eigenvalue weighted by molar-refractivity contribution is 5.90. The average Bonchev–Trinajstić information content (AvgIpc) is 3.37. The molecule has 1 unspecified atom stereocenters. The van der Waals surface area contributed by atoms with Crippen LogP contribution in [0.3, 0.4) is 0 Å². The molecule has 2 rings (SSSR count). The first kappa shape index (κ1) is 66.7. The molecule has 0 aliphatic rings. The Morgan fingerprint density at radius 2 is 0.800 bits per heavy atom. The van der Waals surface area contributed by atoms with E-state index in [4.69, 9.17) is 37.9 Å². The van der Waals surface area contributed by atoms with Crippen LogP contribution >= 0.6 is 0 Å². The Bertz CT molecular complexity index is 2200. The molecule has 1 atom stereocenters. The minimum Gasteiger partial charge on any atom is -0.465 e. The largest absolute Gasteiger partial charge is 0.465 e. The molecule has 418 valence electrons. The molecule has 0 N–H and O–H groups in total. The standard InChI is InChI=1S/C30H50O8.C29H36O8/c1-10-13-15-16-18-24(31)35-19-28(4,5)20-37-26(33)30(8,9)22-38-27(34)29(6,7)21-36-25(32)23(12-3)17-14-11-2;1-27(2,17-34-23(30)21-13-9-7-10-14-21)18-36-25(32)29(5,6)20-37-26(33)28(3,4)19-35-24(31)22-15-11-8-12-16-22/h10,13,15-16,23H,11-12,14,17-22H2,1-9H3;7-16H,17-20H2,1-6H3/b13-10-,16-15-;. The zero-order chi connectivity index (χ0) is 57.1. The van der Waals surface area contributed by atoms with Crippen molar-refractivity contribution in [2.45, 2.75) is 136 Å². The van der Waals surface area contributed by atoms with Crippen molar-refractivity contribution in [1.82, 2.24) is 0 Å². The van der Waals surface area contributed by atoms with E-state index in [0.717, 1.165) is 19.3 Å². The summed E-state index contributed by atoms with van der Waals surface area (Å²) in [6, 6.07) is 17.1. The van der Waals surface area contributed by atoms with Crippen LogP contribution in [0, 0.1) is 38.4 Å². The van der Waals surface area contributed by atoms with Crippen LogP contribution in [0.25, 0.3) is 0 Å². The maximum Gasteiger partial charge on any atom is 0.338 e. The third-order valence-electron chi connectivity index (χ3n) is 11.4. The van der Waals surface area contributed by atoms with E-state index < -0.39 is 68.3 Å². The molecule has 0 radical (unpaired) electrons. The van der Waals surface area contributed by atoms with Crippen molar-refractivity contribution in [3.05, 3.63) is 96.1 Å². The Morgan fingerprint density at radius 3 is 1.19 bits per heavy atom. The smallest absolute Gasteiger partial charge is 0.338 e. The summed E-state index contributed by atoms with van der Waals surface area (Å²) in [4.78, 5) is 99.4. The number of rotatable bonds is 30. The minimum atomic E-state index is -1.12. The van der Waals surface area contributed by atoms with Gasteiger partial charge in [-0.1, -0.05) is 115 Å². The molecule has 75 heavy (non-hydrogen) atoms. The van der Waals surface area contributed by atoms with Gasteiger partial charge >= 0.3 is 47.8 Å². The van der Waals surface area contributed by atoms with Gasteiger partial charge in [0.2, 0.25) is 0 Å². The van der Waals surface area contributed by atoms with Crippen molar-refractivity contribution in [1.29, 1.82) is 0 Å². The van der Waals surface area contributed by atoms with Gasteiger partial charge in [-0.25, -0.2) is 9.59 Å². The lowest BCUT2D eigenvalue weighted by Crippen LogP contribution is -2.39. The fourth-order valence-corrected chi connectivity index (χ4v) is 5.93. The van der Waals surface area contributed by atoms with Crippen molar-refractivity contribution in [2.24, 2.45) is 38.4 Å². The molecule has 2 aromatic rings. The molecule has 0 saturated heterocycles. The second kappa shape index (κ2) is 31.5.